The Morgan fingerprint density at radius 3 is 2.65 bits per heavy atom. The minimum absolute atomic E-state index is 0.244. The summed E-state index contributed by atoms with van der Waals surface area (Å²) >= 11 is 4.92. The van der Waals surface area contributed by atoms with Crippen molar-refractivity contribution in [1.29, 1.82) is 0 Å². The average molecular weight is 244 g/mol. The number of rotatable bonds is 4. The van der Waals surface area contributed by atoms with Crippen LogP contribution in [0.3, 0.4) is 0 Å². The van der Waals surface area contributed by atoms with E-state index < -0.39 is 0 Å². The molecule has 2 rings (SSSR count). The molecule has 0 bridgehead atoms. The van der Waals surface area contributed by atoms with Gasteiger partial charge in [0.25, 0.3) is 0 Å². The first-order valence-corrected chi connectivity index (χ1v) is 5.60. The summed E-state index contributed by atoms with van der Waals surface area (Å²) in [5.74, 6) is 0.615. The first-order valence-electron chi connectivity index (χ1n) is 5.19. The first kappa shape index (κ1) is 11.5. The van der Waals surface area contributed by atoms with E-state index in [2.05, 4.69) is 4.98 Å². The van der Waals surface area contributed by atoms with E-state index in [-0.39, 0.29) is 4.99 Å². The number of hydrogen-bond acceptors (Lipinski definition) is 3. The SMILES string of the molecule is NC(=S)c1ncccc1OCc1ccccc1. The van der Waals surface area contributed by atoms with Gasteiger partial charge in [-0.15, -0.1) is 0 Å². The quantitative estimate of drug-likeness (QED) is 0.838. The third kappa shape index (κ3) is 3.01. The van der Waals surface area contributed by atoms with Crippen molar-refractivity contribution in [3.63, 3.8) is 0 Å². The monoisotopic (exact) mass is 244 g/mol. The Bertz CT molecular complexity index is 514. The number of pyridine rings is 1. The third-order valence-electron chi connectivity index (χ3n) is 2.24. The van der Waals surface area contributed by atoms with E-state index in [1.54, 1.807) is 12.3 Å². The lowest BCUT2D eigenvalue weighted by Gasteiger charge is -2.09. The van der Waals surface area contributed by atoms with Crippen molar-refractivity contribution in [2.45, 2.75) is 6.61 Å². The molecule has 0 unspecified atom stereocenters. The van der Waals surface area contributed by atoms with Crippen molar-refractivity contribution in [1.82, 2.24) is 4.98 Å². The smallest absolute Gasteiger partial charge is 0.148 e. The number of benzene rings is 1. The molecule has 17 heavy (non-hydrogen) atoms. The van der Waals surface area contributed by atoms with Crippen LogP contribution >= 0.6 is 12.2 Å². The van der Waals surface area contributed by atoms with E-state index >= 15 is 0 Å². The predicted molar refractivity (Wildman–Crippen MR) is 70.9 cm³/mol. The second-order valence-corrected chi connectivity index (χ2v) is 3.93. The van der Waals surface area contributed by atoms with Crippen LogP contribution in [0.1, 0.15) is 11.3 Å². The molecule has 2 N–H and O–H groups in total. The van der Waals surface area contributed by atoms with Crippen molar-refractivity contribution in [3.8, 4) is 5.75 Å². The minimum atomic E-state index is 0.244. The second kappa shape index (κ2) is 5.41. The Hall–Kier alpha value is -1.94. The normalized spacial score (nSPS) is 9.88. The highest BCUT2D eigenvalue weighted by molar-refractivity contribution is 7.80. The number of thiocarbonyl (C=S) groups is 1. The van der Waals surface area contributed by atoms with E-state index in [4.69, 9.17) is 22.7 Å². The van der Waals surface area contributed by atoms with Gasteiger partial charge in [0, 0.05) is 6.20 Å². The van der Waals surface area contributed by atoms with Crippen molar-refractivity contribution in [2.75, 3.05) is 0 Å². The largest absolute Gasteiger partial charge is 0.487 e. The summed E-state index contributed by atoms with van der Waals surface area (Å²) in [6, 6.07) is 13.5. The van der Waals surface area contributed by atoms with Crippen LogP contribution in [0, 0.1) is 0 Å². The highest BCUT2D eigenvalue weighted by atomic mass is 32.1. The Balaban J connectivity index is 2.12. The lowest BCUT2D eigenvalue weighted by atomic mass is 10.2. The van der Waals surface area contributed by atoms with Gasteiger partial charge in [-0.2, -0.15) is 0 Å². The standard InChI is InChI=1S/C13H12N2OS/c14-13(17)12-11(7-4-8-15-12)16-9-10-5-2-1-3-6-10/h1-8H,9H2,(H2,14,17). The highest BCUT2D eigenvalue weighted by Gasteiger charge is 2.06. The maximum Gasteiger partial charge on any atom is 0.148 e. The van der Waals surface area contributed by atoms with Crippen LogP contribution < -0.4 is 10.5 Å². The fourth-order valence-electron chi connectivity index (χ4n) is 1.43. The van der Waals surface area contributed by atoms with Gasteiger partial charge in [-0.3, -0.25) is 0 Å². The Morgan fingerprint density at radius 1 is 1.18 bits per heavy atom. The molecule has 0 saturated heterocycles. The van der Waals surface area contributed by atoms with Gasteiger partial charge in [0.2, 0.25) is 0 Å². The maximum atomic E-state index is 5.65. The zero-order chi connectivity index (χ0) is 12.1. The van der Waals surface area contributed by atoms with Gasteiger partial charge in [0.05, 0.1) is 0 Å². The maximum absolute atomic E-state index is 5.65. The van der Waals surface area contributed by atoms with Crippen LogP contribution in [-0.4, -0.2) is 9.97 Å². The van der Waals surface area contributed by atoms with Crippen LogP contribution in [0.15, 0.2) is 48.7 Å². The molecule has 1 aromatic carbocycles. The van der Waals surface area contributed by atoms with Crippen LogP contribution in [0.25, 0.3) is 0 Å². The zero-order valence-corrected chi connectivity index (χ0v) is 9.98. The molecule has 4 heteroatoms. The van der Waals surface area contributed by atoms with Crippen LogP contribution in [0.2, 0.25) is 0 Å². The summed E-state index contributed by atoms with van der Waals surface area (Å²) in [5, 5.41) is 0. The summed E-state index contributed by atoms with van der Waals surface area (Å²) in [6.45, 7) is 0.474. The molecule has 0 fully saturated rings. The summed E-state index contributed by atoms with van der Waals surface area (Å²) in [4.78, 5) is 4.34. The van der Waals surface area contributed by atoms with Gasteiger partial charge >= 0.3 is 0 Å². The Labute approximate surface area is 105 Å². The molecule has 2 aromatic rings. The van der Waals surface area contributed by atoms with Crippen LogP contribution in [0.5, 0.6) is 5.75 Å². The molecular weight excluding hydrogens is 232 g/mol. The van der Waals surface area contributed by atoms with Gasteiger partial charge in [-0.1, -0.05) is 42.5 Å². The van der Waals surface area contributed by atoms with E-state index in [1.165, 1.54) is 0 Å². The van der Waals surface area contributed by atoms with Gasteiger partial charge in [-0.05, 0) is 17.7 Å². The molecule has 3 nitrogen and oxygen atoms in total. The Morgan fingerprint density at radius 2 is 1.94 bits per heavy atom. The fraction of sp³-hybridized carbons (Fsp3) is 0.0769. The number of hydrogen-bond donors (Lipinski definition) is 1. The number of aromatic nitrogens is 1. The molecule has 0 spiro atoms. The number of ether oxygens (including phenoxy) is 1. The van der Waals surface area contributed by atoms with Gasteiger partial charge in [0.1, 0.15) is 23.0 Å². The zero-order valence-electron chi connectivity index (χ0n) is 9.17. The first-order chi connectivity index (χ1) is 8.27. The van der Waals surface area contributed by atoms with Crippen LogP contribution in [-0.2, 0) is 6.61 Å². The average Bonchev–Trinajstić information content (AvgIpc) is 2.38. The second-order valence-electron chi connectivity index (χ2n) is 3.49. The fourth-order valence-corrected chi connectivity index (χ4v) is 1.58. The van der Waals surface area contributed by atoms with Crippen molar-refractivity contribution < 1.29 is 4.74 Å². The molecule has 0 amide bonds. The molecule has 0 aliphatic carbocycles. The number of nitrogens with zero attached hydrogens (tertiary/aromatic N) is 1. The molecule has 0 saturated carbocycles. The molecule has 0 aliphatic heterocycles. The van der Waals surface area contributed by atoms with Gasteiger partial charge in [0.15, 0.2) is 0 Å². The molecule has 0 atom stereocenters. The summed E-state index contributed by atoms with van der Waals surface area (Å²) < 4.78 is 5.65. The van der Waals surface area contributed by atoms with E-state index in [1.807, 2.05) is 36.4 Å². The molecular formula is C13H12N2OS. The van der Waals surface area contributed by atoms with Crippen molar-refractivity contribution >= 4 is 17.2 Å². The van der Waals surface area contributed by atoms with E-state index in [0.717, 1.165) is 5.56 Å². The van der Waals surface area contributed by atoms with Crippen LogP contribution in [0.4, 0.5) is 0 Å². The van der Waals surface area contributed by atoms with E-state index in [0.29, 0.717) is 18.1 Å². The number of nitrogens with two attached hydrogens (primary N) is 1. The van der Waals surface area contributed by atoms with Gasteiger partial charge in [-0.25, -0.2) is 4.98 Å². The summed E-state index contributed by atoms with van der Waals surface area (Å²) in [6.07, 6.45) is 1.64. The summed E-state index contributed by atoms with van der Waals surface area (Å²) in [7, 11) is 0. The van der Waals surface area contributed by atoms with Crippen molar-refractivity contribution in [3.05, 3.63) is 59.9 Å². The topological polar surface area (TPSA) is 48.1 Å². The lowest BCUT2D eigenvalue weighted by Crippen LogP contribution is -2.13. The third-order valence-corrected chi connectivity index (χ3v) is 2.43. The molecule has 1 heterocycles. The highest BCUT2D eigenvalue weighted by Crippen LogP contribution is 2.16. The van der Waals surface area contributed by atoms with Crippen molar-refractivity contribution in [2.24, 2.45) is 5.73 Å². The predicted octanol–water partition coefficient (Wildman–Crippen LogP) is 2.29. The molecule has 0 aliphatic rings. The summed E-state index contributed by atoms with van der Waals surface area (Å²) in [5.41, 5.74) is 7.19. The lowest BCUT2D eigenvalue weighted by molar-refractivity contribution is 0.304. The minimum Gasteiger partial charge on any atom is -0.487 e. The molecule has 86 valence electrons. The van der Waals surface area contributed by atoms with E-state index in [9.17, 15) is 0 Å². The molecule has 1 aromatic heterocycles. The Kier molecular flexibility index (Phi) is 3.67. The molecule has 0 radical (unpaired) electrons. The van der Waals surface area contributed by atoms with Gasteiger partial charge < -0.3 is 10.5 Å².